The summed E-state index contributed by atoms with van der Waals surface area (Å²) in [4.78, 5) is 25.4. The zero-order chi connectivity index (χ0) is 19.8. The second-order valence-electron chi connectivity index (χ2n) is 7.79. The number of carbonyl (C=O) groups is 2. The molecule has 2 aliphatic rings. The summed E-state index contributed by atoms with van der Waals surface area (Å²) in [5.74, 6) is -0.752. The lowest BCUT2D eigenvalue weighted by Crippen LogP contribution is -2.42. The van der Waals surface area contributed by atoms with Crippen molar-refractivity contribution < 1.29 is 23.1 Å². The quantitative estimate of drug-likeness (QED) is 0.843. The van der Waals surface area contributed by atoms with E-state index in [1.165, 1.54) is 33.5 Å². The molecule has 27 heavy (non-hydrogen) atoms. The Morgan fingerprint density at radius 2 is 1.67 bits per heavy atom. The molecule has 0 bridgehead atoms. The summed E-state index contributed by atoms with van der Waals surface area (Å²) >= 11 is 0. The highest BCUT2D eigenvalue weighted by molar-refractivity contribution is 7.89. The van der Waals surface area contributed by atoms with Gasteiger partial charge in [-0.25, -0.2) is 13.2 Å². The third-order valence-electron chi connectivity index (χ3n) is 5.37. The smallest absolute Gasteiger partial charge is 0.326 e. The van der Waals surface area contributed by atoms with E-state index in [0.717, 1.165) is 6.42 Å². The standard InChI is InChI=1S/C19H26N2O5S/c1-13-10-14(2)12-20(11-13)27(25,26)16-7-5-15(6-8-16)18(22)21-9-3-4-17(21)19(23)24/h5-8,13-14,17H,3-4,9-12H2,1-2H3,(H,23,24)/t13?,14?,17-/m0/s1. The van der Waals surface area contributed by atoms with Crippen molar-refractivity contribution in [2.45, 2.75) is 44.0 Å². The number of carboxylic acid groups (broad SMARTS) is 1. The van der Waals surface area contributed by atoms with Gasteiger partial charge in [-0.15, -0.1) is 0 Å². The molecule has 2 fully saturated rings. The Labute approximate surface area is 160 Å². The van der Waals surface area contributed by atoms with Gasteiger partial charge in [-0.3, -0.25) is 4.79 Å². The molecule has 1 aromatic rings. The lowest BCUT2D eigenvalue weighted by molar-refractivity contribution is -0.141. The number of hydrogen-bond donors (Lipinski definition) is 1. The van der Waals surface area contributed by atoms with Crippen LogP contribution in [0.4, 0.5) is 0 Å². The van der Waals surface area contributed by atoms with E-state index >= 15 is 0 Å². The average molecular weight is 394 g/mol. The van der Waals surface area contributed by atoms with Crippen LogP contribution in [0.1, 0.15) is 43.5 Å². The Morgan fingerprint density at radius 3 is 2.22 bits per heavy atom. The monoisotopic (exact) mass is 394 g/mol. The van der Waals surface area contributed by atoms with Gasteiger partial charge in [0.2, 0.25) is 10.0 Å². The Morgan fingerprint density at radius 1 is 1.07 bits per heavy atom. The van der Waals surface area contributed by atoms with Crippen molar-refractivity contribution in [3.8, 4) is 0 Å². The van der Waals surface area contributed by atoms with Crippen LogP contribution in [0.25, 0.3) is 0 Å². The Hall–Kier alpha value is -1.93. The SMILES string of the molecule is CC1CC(C)CN(S(=O)(=O)c2ccc(C(=O)N3CCC[C@H]3C(=O)O)cc2)C1. The van der Waals surface area contributed by atoms with Crippen molar-refractivity contribution in [2.75, 3.05) is 19.6 Å². The zero-order valence-corrected chi connectivity index (χ0v) is 16.5. The number of piperidine rings is 1. The van der Waals surface area contributed by atoms with Crippen LogP contribution in [0.5, 0.6) is 0 Å². The maximum absolute atomic E-state index is 12.9. The molecule has 0 spiro atoms. The number of carboxylic acids is 1. The Balaban J connectivity index is 1.78. The van der Waals surface area contributed by atoms with Crippen LogP contribution in [0.15, 0.2) is 29.2 Å². The van der Waals surface area contributed by atoms with Crippen molar-refractivity contribution >= 4 is 21.9 Å². The number of benzene rings is 1. The molecule has 1 amide bonds. The number of likely N-dealkylation sites (tertiary alicyclic amines) is 1. The number of hydrogen-bond acceptors (Lipinski definition) is 4. The lowest BCUT2D eigenvalue weighted by Gasteiger charge is -2.34. The van der Waals surface area contributed by atoms with Gasteiger partial charge in [-0.1, -0.05) is 13.8 Å². The van der Waals surface area contributed by atoms with Crippen molar-refractivity contribution in [3.05, 3.63) is 29.8 Å². The van der Waals surface area contributed by atoms with E-state index in [0.29, 0.717) is 49.9 Å². The highest BCUT2D eigenvalue weighted by Crippen LogP contribution is 2.27. The van der Waals surface area contributed by atoms with Crippen LogP contribution in [0.3, 0.4) is 0 Å². The third-order valence-corrected chi connectivity index (χ3v) is 7.22. The zero-order valence-electron chi connectivity index (χ0n) is 15.7. The fraction of sp³-hybridized carbons (Fsp3) is 0.579. The number of rotatable bonds is 4. The fourth-order valence-electron chi connectivity index (χ4n) is 4.15. The molecule has 3 atom stereocenters. The molecule has 2 aliphatic heterocycles. The molecular formula is C19H26N2O5S. The van der Waals surface area contributed by atoms with Crippen LogP contribution in [-0.4, -0.2) is 60.3 Å². The Kier molecular flexibility index (Phi) is 5.58. The number of aliphatic carboxylic acids is 1. The topological polar surface area (TPSA) is 95.0 Å². The molecule has 3 rings (SSSR count). The first-order valence-electron chi connectivity index (χ1n) is 9.34. The number of sulfonamides is 1. The van der Waals surface area contributed by atoms with Gasteiger partial charge < -0.3 is 10.0 Å². The summed E-state index contributed by atoms with van der Waals surface area (Å²) in [6.07, 6.45) is 2.11. The van der Waals surface area contributed by atoms with Gasteiger partial charge in [0.05, 0.1) is 4.90 Å². The van der Waals surface area contributed by atoms with Gasteiger partial charge in [0.25, 0.3) is 5.91 Å². The van der Waals surface area contributed by atoms with E-state index in [1.54, 1.807) is 0 Å². The van der Waals surface area contributed by atoms with Crippen molar-refractivity contribution in [2.24, 2.45) is 11.8 Å². The molecule has 0 saturated carbocycles. The Bertz CT molecular complexity index is 811. The summed E-state index contributed by atoms with van der Waals surface area (Å²) in [6, 6.07) is 5.03. The van der Waals surface area contributed by atoms with E-state index in [-0.39, 0.29) is 10.8 Å². The van der Waals surface area contributed by atoms with Crippen LogP contribution in [0, 0.1) is 11.8 Å². The highest BCUT2D eigenvalue weighted by atomic mass is 32.2. The van der Waals surface area contributed by atoms with E-state index in [1.807, 2.05) is 0 Å². The molecule has 148 valence electrons. The predicted molar refractivity (Wildman–Crippen MR) is 99.8 cm³/mol. The van der Waals surface area contributed by atoms with Gasteiger partial charge in [0.1, 0.15) is 6.04 Å². The third kappa shape index (κ3) is 4.01. The molecule has 1 N–H and O–H groups in total. The van der Waals surface area contributed by atoms with E-state index in [4.69, 9.17) is 0 Å². The van der Waals surface area contributed by atoms with Crippen LogP contribution in [0.2, 0.25) is 0 Å². The van der Waals surface area contributed by atoms with Crippen molar-refractivity contribution in [1.29, 1.82) is 0 Å². The summed E-state index contributed by atoms with van der Waals surface area (Å²) in [7, 11) is -3.60. The van der Waals surface area contributed by atoms with Crippen LogP contribution < -0.4 is 0 Å². The number of amides is 1. The van der Waals surface area contributed by atoms with Crippen molar-refractivity contribution in [1.82, 2.24) is 9.21 Å². The minimum Gasteiger partial charge on any atom is -0.480 e. The minimum atomic E-state index is -3.60. The van der Waals surface area contributed by atoms with Crippen molar-refractivity contribution in [3.63, 3.8) is 0 Å². The van der Waals surface area contributed by atoms with Gasteiger partial charge in [0, 0.05) is 25.2 Å². The average Bonchev–Trinajstić information content (AvgIpc) is 3.10. The summed E-state index contributed by atoms with van der Waals surface area (Å²) in [5, 5.41) is 9.24. The van der Waals surface area contributed by atoms with Gasteiger partial charge in [-0.2, -0.15) is 4.31 Å². The van der Waals surface area contributed by atoms with E-state index < -0.39 is 22.0 Å². The molecule has 2 heterocycles. The molecule has 7 nitrogen and oxygen atoms in total. The molecule has 2 saturated heterocycles. The molecular weight excluding hydrogens is 368 g/mol. The normalized spacial score (nSPS) is 26.9. The molecule has 0 radical (unpaired) electrons. The maximum atomic E-state index is 12.9. The van der Waals surface area contributed by atoms with Crippen LogP contribution >= 0.6 is 0 Å². The summed E-state index contributed by atoms with van der Waals surface area (Å²) in [6.45, 7) is 5.51. The van der Waals surface area contributed by atoms with Crippen LogP contribution in [-0.2, 0) is 14.8 Å². The highest BCUT2D eigenvalue weighted by Gasteiger charge is 2.35. The van der Waals surface area contributed by atoms with E-state index in [9.17, 15) is 23.1 Å². The minimum absolute atomic E-state index is 0.163. The second kappa shape index (κ2) is 7.59. The molecule has 0 aliphatic carbocycles. The van der Waals surface area contributed by atoms with Gasteiger partial charge in [0.15, 0.2) is 0 Å². The number of nitrogens with zero attached hydrogens (tertiary/aromatic N) is 2. The first kappa shape index (κ1) is 19.8. The first-order valence-corrected chi connectivity index (χ1v) is 10.8. The summed E-state index contributed by atoms with van der Waals surface area (Å²) in [5.41, 5.74) is 0.308. The summed E-state index contributed by atoms with van der Waals surface area (Å²) < 4.78 is 27.3. The largest absolute Gasteiger partial charge is 0.480 e. The fourth-order valence-corrected chi connectivity index (χ4v) is 5.83. The molecule has 0 aromatic heterocycles. The van der Waals surface area contributed by atoms with Gasteiger partial charge >= 0.3 is 5.97 Å². The number of carbonyl (C=O) groups excluding carboxylic acids is 1. The second-order valence-corrected chi connectivity index (χ2v) is 9.73. The first-order chi connectivity index (χ1) is 12.7. The maximum Gasteiger partial charge on any atom is 0.326 e. The lowest BCUT2D eigenvalue weighted by atomic mass is 9.94. The molecule has 2 unspecified atom stereocenters. The predicted octanol–water partition coefficient (Wildman–Crippen LogP) is 2.04. The molecule has 8 heteroatoms. The van der Waals surface area contributed by atoms with E-state index in [2.05, 4.69) is 13.8 Å². The van der Waals surface area contributed by atoms with Gasteiger partial charge in [-0.05, 0) is 55.4 Å². The molecule has 1 aromatic carbocycles.